The van der Waals surface area contributed by atoms with E-state index in [9.17, 15) is 0 Å². The van der Waals surface area contributed by atoms with Crippen LogP contribution >= 0.6 is 11.8 Å². The van der Waals surface area contributed by atoms with Crippen molar-refractivity contribution in [3.8, 4) is 0 Å². The third-order valence-corrected chi connectivity index (χ3v) is 3.56. The van der Waals surface area contributed by atoms with Crippen LogP contribution in [0.3, 0.4) is 0 Å². The second kappa shape index (κ2) is 5.13. The van der Waals surface area contributed by atoms with E-state index in [2.05, 4.69) is 20.1 Å². The zero-order valence-corrected chi connectivity index (χ0v) is 9.19. The van der Waals surface area contributed by atoms with Gasteiger partial charge in [-0.2, -0.15) is 11.8 Å². The quantitative estimate of drug-likeness (QED) is 0.673. The van der Waals surface area contributed by atoms with Gasteiger partial charge in [0.1, 0.15) is 0 Å². The first kappa shape index (κ1) is 10.4. The highest BCUT2D eigenvalue weighted by molar-refractivity contribution is 7.99. The van der Waals surface area contributed by atoms with E-state index >= 15 is 0 Å². The Morgan fingerprint density at radius 1 is 1.17 bits per heavy atom. The van der Waals surface area contributed by atoms with E-state index in [-0.39, 0.29) is 0 Å². The van der Waals surface area contributed by atoms with Crippen LogP contribution in [0.5, 0.6) is 0 Å². The van der Waals surface area contributed by atoms with E-state index in [0.717, 1.165) is 5.25 Å². The summed E-state index contributed by atoms with van der Waals surface area (Å²) in [5.41, 5.74) is 0. The Morgan fingerprint density at radius 2 is 1.75 bits per heavy atom. The van der Waals surface area contributed by atoms with Crippen molar-refractivity contribution in [3.63, 3.8) is 0 Å². The molecule has 0 radical (unpaired) electrons. The van der Waals surface area contributed by atoms with Crippen LogP contribution < -0.4 is 0 Å². The van der Waals surface area contributed by atoms with Gasteiger partial charge in [-0.1, -0.05) is 0 Å². The lowest BCUT2D eigenvalue weighted by Crippen LogP contribution is -2.25. The van der Waals surface area contributed by atoms with E-state index in [1.165, 1.54) is 25.7 Å². The molecule has 0 bridgehead atoms. The van der Waals surface area contributed by atoms with Gasteiger partial charge in [0.05, 0.1) is 12.2 Å². The van der Waals surface area contributed by atoms with Crippen molar-refractivity contribution >= 4 is 11.8 Å². The Kier molecular flexibility index (Phi) is 4.44. The summed E-state index contributed by atoms with van der Waals surface area (Å²) in [6.45, 7) is 4.25. The molecule has 1 aliphatic carbocycles. The lowest BCUT2D eigenvalue weighted by atomic mass is 9.97. The van der Waals surface area contributed by atoms with Crippen LogP contribution in [0.2, 0.25) is 0 Å². The fourth-order valence-electron chi connectivity index (χ4n) is 1.79. The molecule has 0 unspecified atom stereocenters. The number of rotatable bonds is 3. The third kappa shape index (κ3) is 3.36. The fourth-order valence-corrected chi connectivity index (χ4v) is 2.53. The Labute approximate surface area is 80.3 Å². The summed E-state index contributed by atoms with van der Waals surface area (Å²) in [6, 6.07) is 0. The number of hydrogen-bond donors (Lipinski definition) is 0. The van der Waals surface area contributed by atoms with Crippen molar-refractivity contribution in [1.29, 1.82) is 0 Å². The molecule has 0 aromatic rings. The van der Waals surface area contributed by atoms with Gasteiger partial charge in [-0.3, -0.25) is 0 Å². The minimum absolute atomic E-state index is 0.404. The highest BCUT2D eigenvalue weighted by Crippen LogP contribution is 2.28. The van der Waals surface area contributed by atoms with Gasteiger partial charge < -0.3 is 4.74 Å². The second-order valence-corrected chi connectivity index (χ2v) is 4.96. The molecule has 0 N–H and O–H groups in total. The molecule has 1 saturated carbocycles. The van der Waals surface area contributed by atoms with Gasteiger partial charge in [-0.05, 0) is 45.8 Å². The third-order valence-electron chi connectivity index (χ3n) is 2.42. The zero-order valence-electron chi connectivity index (χ0n) is 8.38. The molecule has 72 valence electrons. The molecule has 2 heteroatoms. The minimum atomic E-state index is 0.404. The predicted octanol–water partition coefficient (Wildman–Crippen LogP) is 3.09. The lowest BCUT2D eigenvalue weighted by molar-refractivity contribution is -0.0109. The highest BCUT2D eigenvalue weighted by atomic mass is 32.2. The number of ether oxygens (including phenoxy) is 1. The monoisotopic (exact) mass is 188 g/mol. The van der Waals surface area contributed by atoms with Gasteiger partial charge in [0.15, 0.2) is 0 Å². The summed E-state index contributed by atoms with van der Waals surface area (Å²) in [6.07, 6.45) is 8.40. The van der Waals surface area contributed by atoms with Crippen LogP contribution in [-0.2, 0) is 4.74 Å². The van der Waals surface area contributed by atoms with Crippen LogP contribution in [0, 0.1) is 0 Å². The predicted molar refractivity (Wildman–Crippen MR) is 55.8 cm³/mol. The molecule has 0 aromatic carbocycles. The molecule has 0 amide bonds. The van der Waals surface area contributed by atoms with Crippen molar-refractivity contribution < 1.29 is 4.74 Å². The maximum atomic E-state index is 5.77. The molecule has 1 aliphatic rings. The van der Waals surface area contributed by atoms with E-state index in [1.807, 2.05) is 11.8 Å². The van der Waals surface area contributed by atoms with Crippen LogP contribution in [-0.4, -0.2) is 23.7 Å². The Morgan fingerprint density at radius 3 is 2.17 bits per heavy atom. The van der Waals surface area contributed by atoms with Gasteiger partial charge in [-0.25, -0.2) is 0 Å². The van der Waals surface area contributed by atoms with Crippen LogP contribution in [0.4, 0.5) is 0 Å². The molecule has 0 saturated heterocycles. The van der Waals surface area contributed by atoms with Crippen molar-refractivity contribution in [2.24, 2.45) is 0 Å². The molecule has 0 aliphatic heterocycles. The first-order valence-corrected chi connectivity index (χ1v) is 6.19. The van der Waals surface area contributed by atoms with E-state index in [4.69, 9.17) is 4.74 Å². The summed E-state index contributed by atoms with van der Waals surface area (Å²) in [4.78, 5) is 0. The van der Waals surface area contributed by atoms with E-state index < -0.39 is 0 Å². The smallest absolute Gasteiger partial charge is 0.0579 e. The molecule has 12 heavy (non-hydrogen) atoms. The first-order chi connectivity index (χ1) is 5.72. The fraction of sp³-hybridized carbons (Fsp3) is 1.00. The molecule has 1 fully saturated rings. The van der Waals surface area contributed by atoms with Gasteiger partial charge in [0.25, 0.3) is 0 Å². The van der Waals surface area contributed by atoms with Gasteiger partial charge in [0.2, 0.25) is 0 Å². The van der Waals surface area contributed by atoms with Crippen molar-refractivity contribution in [2.45, 2.75) is 57.0 Å². The number of hydrogen-bond acceptors (Lipinski definition) is 2. The van der Waals surface area contributed by atoms with E-state index in [1.54, 1.807) is 0 Å². The van der Waals surface area contributed by atoms with Gasteiger partial charge in [-0.15, -0.1) is 0 Å². The summed E-state index contributed by atoms with van der Waals surface area (Å²) >= 11 is 2.01. The Balaban J connectivity index is 2.17. The van der Waals surface area contributed by atoms with Crippen molar-refractivity contribution in [2.75, 3.05) is 6.26 Å². The normalized spacial score (nSPS) is 31.0. The molecule has 0 heterocycles. The average molecular weight is 188 g/mol. The molecular formula is C10H20OS. The van der Waals surface area contributed by atoms with Crippen molar-refractivity contribution in [3.05, 3.63) is 0 Å². The molecular weight excluding hydrogens is 168 g/mol. The molecule has 0 atom stereocenters. The molecule has 0 aromatic heterocycles. The van der Waals surface area contributed by atoms with Crippen LogP contribution in [0.25, 0.3) is 0 Å². The van der Waals surface area contributed by atoms with Crippen LogP contribution in [0.15, 0.2) is 0 Å². The maximum Gasteiger partial charge on any atom is 0.0579 e. The van der Waals surface area contributed by atoms with Crippen molar-refractivity contribution in [1.82, 2.24) is 0 Å². The molecule has 1 nitrogen and oxygen atoms in total. The summed E-state index contributed by atoms with van der Waals surface area (Å²) in [5, 5.41) is 0.900. The minimum Gasteiger partial charge on any atom is -0.376 e. The summed E-state index contributed by atoms with van der Waals surface area (Å²) < 4.78 is 5.77. The topological polar surface area (TPSA) is 9.23 Å². The largest absolute Gasteiger partial charge is 0.376 e. The van der Waals surface area contributed by atoms with Gasteiger partial charge >= 0.3 is 0 Å². The highest BCUT2D eigenvalue weighted by Gasteiger charge is 2.21. The zero-order chi connectivity index (χ0) is 8.97. The van der Waals surface area contributed by atoms with Crippen LogP contribution in [0.1, 0.15) is 39.5 Å². The Bertz CT molecular complexity index is 117. The molecule has 1 rings (SSSR count). The lowest BCUT2D eigenvalue weighted by Gasteiger charge is -2.28. The first-order valence-electron chi connectivity index (χ1n) is 4.90. The summed E-state index contributed by atoms with van der Waals surface area (Å²) in [5.74, 6) is 0. The summed E-state index contributed by atoms with van der Waals surface area (Å²) in [7, 11) is 0. The molecule has 0 spiro atoms. The SMILES string of the molecule is CSC1CCC(OC(C)C)CC1. The Hall–Kier alpha value is 0.310. The second-order valence-electron chi connectivity index (χ2n) is 3.82. The standard InChI is InChI=1S/C10H20OS/c1-8(2)11-9-4-6-10(12-3)7-5-9/h8-10H,4-7H2,1-3H3. The maximum absolute atomic E-state index is 5.77. The van der Waals surface area contributed by atoms with Gasteiger partial charge in [0, 0.05) is 5.25 Å². The average Bonchev–Trinajstić information content (AvgIpc) is 2.05. The number of thioether (sulfide) groups is 1. The van der Waals surface area contributed by atoms with E-state index in [0.29, 0.717) is 12.2 Å².